The number of hydrogen-bond donors (Lipinski definition) is 0. The van der Waals surface area contributed by atoms with E-state index >= 15 is 0 Å². The van der Waals surface area contributed by atoms with Crippen molar-refractivity contribution in [1.29, 1.82) is 0 Å². The Balaban J connectivity index is 2.00. The van der Waals surface area contributed by atoms with Crippen molar-refractivity contribution in [3.05, 3.63) is 71.3 Å². The third kappa shape index (κ3) is 2.48. The number of amides is 1. The summed E-state index contributed by atoms with van der Waals surface area (Å²) in [6.07, 6.45) is 0.738. The quantitative estimate of drug-likeness (QED) is 0.818. The fourth-order valence-corrected chi connectivity index (χ4v) is 2.88. The molecular weight excluding hydrogens is 278 g/mol. The zero-order chi connectivity index (χ0) is 15.5. The maximum absolute atomic E-state index is 12.8. The summed E-state index contributed by atoms with van der Waals surface area (Å²) in [6, 6.07) is 16.1. The summed E-state index contributed by atoms with van der Waals surface area (Å²) < 4.78 is 4.92. The van der Waals surface area contributed by atoms with Gasteiger partial charge in [-0.3, -0.25) is 4.79 Å². The standard InChI is InChI=1S/C18H17NO3/c1-22-18(21)16(14-8-3-2-4-9-14)19-12-11-13-7-5-6-10-15(13)17(19)20/h2-10,16H,11-12H2,1H3. The Hall–Kier alpha value is -2.62. The molecule has 0 saturated heterocycles. The van der Waals surface area contributed by atoms with Crippen molar-refractivity contribution >= 4 is 11.9 Å². The highest BCUT2D eigenvalue weighted by molar-refractivity contribution is 5.99. The van der Waals surface area contributed by atoms with Crippen molar-refractivity contribution in [3.63, 3.8) is 0 Å². The normalized spacial score (nSPS) is 15.1. The maximum atomic E-state index is 12.8. The molecule has 2 aromatic rings. The molecule has 1 atom stereocenters. The van der Waals surface area contributed by atoms with Crippen LogP contribution in [0.4, 0.5) is 0 Å². The lowest BCUT2D eigenvalue weighted by atomic mass is 9.95. The topological polar surface area (TPSA) is 46.6 Å². The Morgan fingerprint density at radius 2 is 1.77 bits per heavy atom. The predicted octanol–water partition coefficient (Wildman–Crippen LogP) is 2.60. The average Bonchev–Trinajstić information content (AvgIpc) is 2.58. The van der Waals surface area contributed by atoms with E-state index in [1.54, 1.807) is 4.90 Å². The molecule has 0 saturated carbocycles. The Morgan fingerprint density at radius 3 is 2.50 bits per heavy atom. The minimum Gasteiger partial charge on any atom is -0.467 e. The van der Waals surface area contributed by atoms with E-state index in [1.165, 1.54) is 7.11 Å². The van der Waals surface area contributed by atoms with E-state index in [1.807, 2.05) is 54.6 Å². The molecule has 2 aromatic carbocycles. The van der Waals surface area contributed by atoms with E-state index < -0.39 is 12.0 Å². The second kappa shape index (κ2) is 6.02. The highest BCUT2D eigenvalue weighted by Gasteiger charge is 2.35. The SMILES string of the molecule is COC(=O)C(c1ccccc1)N1CCc2ccccc2C1=O. The molecule has 1 amide bonds. The predicted molar refractivity (Wildman–Crippen MR) is 82.4 cm³/mol. The smallest absolute Gasteiger partial charge is 0.333 e. The number of nitrogens with zero attached hydrogens (tertiary/aromatic N) is 1. The van der Waals surface area contributed by atoms with E-state index in [9.17, 15) is 9.59 Å². The summed E-state index contributed by atoms with van der Waals surface area (Å²) in [4.78, 5) is 26.6. The zero-order valence-corrected chi connectivity index (χ0v) is 12.4. The minimum absolute atomic E-state index is 0.124. The van der Waals surface area contributed by atoms with Crippen LogP contribution in [0.15, 0.2) is 54.6 Å². The largest absolute Gasteiger partial charge is 0.467 e. The third-order valence-corrected chi connectivity index (χ3v) is 3.98. The fraction of sp³-hybridized carbons (Fsp3) is 0.222. The number of carbonyl (C=O) groups excluding carboxylic acids is 2. The molecule has 0 spiro atoms. The van der Waals surface area contributed by atoms with Gasteiger partial charge < -0.3 is 9.64 Å². The summed E-state index contributed by atoms with van der Waals surface area (Å²) in [5.41, 5.74) is 2.46. The molecule has 4 nitrogen and oxygen atoms in total. The molecule has 0 aliphatic carbocycles. The summed E-state index contributed by atoms with van der Waals surface area (Å²) in [5.74, 6) is -0.542. The Kier molecular flexibility index (Phi) is 3.92. The van der Waals surface area contributed by atoms with Crippen molar-refractivity contribution in [1.82, 2.24) is 4.90 Å². The van der Waals surface area contributed by atoms with E-state index in [0.717, 1.165) is 17.5 Å². The summed E-state index contributed by atoms with van der Waals surface area (Å²) in [5, 5.41) is 0. The van der Waals surface area contributed by atoms with Gasteiger partial charge in [0.15, 0.2) is 6.04 Å². The molecular formula is C18H17NO3. The van der Waals surface area contributed by atoms with Gasteiger partial charge in [-0.15, -0.1) is 0 Å². The molecule has 112 valence electrons. The first-order valence-corrected chi connectivity index (χ1v) is 7.24. The number of carbonyl (C=O) groups is 2. The van der Waals surface area contributed by atoms with Gasteiger partial charge in [-0.05, 0) is 23.6 Å². The van der Waals surface area contributed by atoms with Crippen LogP contribution >= 0.6 is 0 Å². The number of hydrogen-bond acceptors (Lipinski definition) is 3. The summed E-state index contributed by atoms with van der Waals surface area (Å²) in [7, 11) is 1.35. The Morgan fingerprint density at radius 1 is 1.09 bits per heavy atom. The average molecular weight is 295 g/mol. The van der Waals surface area contributed by atoms with E-state index in [4.69, 9.17) is 4.74 Å². The number of methoxy groups -OCH3 is 1. The number of fused-ring (bicyclic) bond motifs is 1. The molecule has 22 heavy (non-hydrogen) atoms. The maximum Gasteiger partial charge on any atom is 0.333 e. The highest BCUT2D eigenvalue weighted by atomic mass is 16.5. The first-order valence-electron chi connectivity index (χ1n) is 7.24. The van der Waals surface area contributed by atoms with Crippen LogP contribution < -0.4 is 0 Å². The fourth-order valence-electron chi connectivity index (χ4n) is 2.88. The van der Waals surface area contributed by atoms with Crippen molar-refractivity contribution in [2.75, 3.05) is 13.7 Å². The van der Waals surface area contributed by atoms with E-state index in [0.29, 0.717) is 12.1 Å². The molecule has 1 heterocycles. The lowest BCUT2D eigenvalue weighted by Crippen LogP contribution is -2.43. The van der Waals surface area contributed by atoms with Crippen LogP contribution in [-0.2, 0) is 16.0 Å². The zero-order valence-electron chi connectivity index (χ0n) is 12.4. The first-order chi connectivity index (χ1) is 10.7. The van der Waals surface area contributed by atoms with E-state index in [-0.39, 0.29) is 5.91 Å². The molecule has 1 aliphatic rings. The lowest BCUT2D eigenvalue weighted by molar-refractivity contribution is -0.146. The molecule has 0 N–H and O–H groups in total. The second-order valence-corrected chi connectivity index (χ2v) is 5.24. The van der Waals surface area contributed by atoms with Gasteiger partial charge in [0.05, 0.1) is 7.11 Å². The molecule has 1 unspecified atom stereocenters. The van der Waals surface area contributed by atoms with Gasteiger partial charge in [-0.25, -0.2) is 4.79 Å². The number of ether oxygens (including phenoxy) is 1. The van der Waals surface area contributed by atoms with Crippen LogP contribution in [0, 0.1) is 0 Å². The van der Waals surface area contributed by atoms with Crippen LogP contribution in [0.1, 0.15) is 27.5 Å². The molecule has 4 heteroatoms. The van der Waals surface area contributed by atoms with E-state index in [2.05, 4.69) is 0 Å². The van der Waals surface area contributed by atoms with Crippen molar-refractivity contribution in [3.8, 4) is 0 Å². The van der Waals surface area contributed by atoms with Crippen molar-refractivity contribution < 1.29 is 14.3 Å². The van der Waals surface area contributed by atoms with Gasteiger partial charge in [-0.2, -0.15) is 0 Å². The molecule has 1 aliphatic heterocycles. The Labute approximate surface area is 129 Å². The third-order valence-electron chi connectivity index (χ3n) is 3.98. The monoisotopic (exact) mass is 295 g/mol. The van der Waals surface area contributed by atoms with Gasteiger partial charge in [0, 0.05) is 12.1 Å². The van der Waals surface area contributed by atoms with Gasteiger partial charge in [-0.1, -0.05) is 48.5 Å². The summed E-state index contributed by atoms with van der Waals surface area (Å²) in [6.45, 7) is 0.504. The van der Waals surface area contributed by atoms with Crippen LogP contribution in [-0.4, -0.2) is 30.4 Å². The first kappa shape index (κ1) is 14.3. The number of esters is 1. The highest BCUT2D eigenvalue weighted by Crippen LogP contribution is 2.28. The summed E-state index contributed by atoms with van der Waals surface area (Å²) >= 11 is 0. The van der Waals surface area contributed by atoms with Crippen LogP contribution in [0.5, 0.6) is 0 Å². The number of benzene rings is 2. The van der Waals surface area contributed by atoms with Gasteiger partial charge >= 0.3 is 5.97 Å². The molecule has 0 fully saturated rings. The van der Waals surface area contributed by atoms with Gasteiger partial charge in [0.1, 0.15) is 0 Å². The lowest BCUT2D eigenvalue weighted by Gasteiger charge is -2.34. The molecule has 0 radical (unpaired) electrons. The molecule has 0 aromatic heterocycles. The Bertz CT molecular complexity index is 696. The van der Waals surface area contributed by atoms with Crippen LogP contribution in [0.3, 0.4) is 0 Å². The second-order valence-electron chi connectivity index (χ2n) is 5.24. The van der Waals surface area contributed by atoms with Crippen molar-refractivity contribution in [2.45, 2.75) is 12.5 Å². The van der Waals surface area contributed by atoms with Crippen LogP contribution in [0.2, 0.25) is 0 Å². The van der Waals surface area contributed by atoms with Gasteiger partial charge in [0.25, 0.3) is 5.91 Å². The minimum atomic E-state index is -0.702. The molecule has 3 rings (SSSR count). The van der Waals surface area contributed by atoms with Crippen LogP contribution in [0.25, 0.3) is 0 Å². The number of rotatable bonds is 3. The molecule has 0 bridgehead atoms. The van der Waals surface area contributed by atoms with Crippen molar-refractivity contribution in [2.24, 2.45) is 0 Å². The van der Waals surface area contributed by atoms with Gasteiger partial charge in [0.2, 0.25) is 0 Å².